The average molecular weight is 312 g/mol. The number of nitrogens with one attached hydrogen (secondary N) is 1. The van der Waals surface area contributed by atoms with E-state index in [9.17, 15) is 17.1 Å². The molecule has 21 heavy (non-hydrogen) atoms. The number of ether oxygens (including phenoxy) is 1. The maximum Gasteiger partial charge on any atom is 0.375 e. The van der Waals surface area contributed by atoms with Gasteiger partial charge in [0.25, 0.3) is 0 Å². The van der Waals surface area contributed by atoms with Crippen LogP contribution in [0.25, 0.3) is 10.9 Å². The molecule has 8 heteroatoms. The largest absolute Gasteiger partial charge is 0.465 e. The maximum absolute atomic E-state index is 13.2. The molecule has 0 saturated carbocycles. The summed E-state index contributed by atoms with van der Waals surface area (Å²) in [5.74, 6) is -0.474. The Morgan fingerprint density at radius 2 is 2.19 bits per heavy atom. The number of aromatic amines is 1. The highest BCUT2D eigenvalue weighted by molar-refractivity contribution is 7.83. The van der Waals surface area contributed by atoms with Crippen LogP contribution in [0.1, 0.15) is 21.6 Å². The van der Waals surface area contributed by atoms with E-state index in [4.69, 9.17) is 0 Å². The van der Waals surface area contributed by atoms with E-state index in [1.807, 2.05) is 0 Å². The molecule has 1 aliphatic heterocycles. The van der Waals surface area contributed by atoms with Gasteiger partial charge in [-0.05, 0) is 23.8 Å². The lowest BCUT2D eigenvalue weighted by molar-refractivity contribution is 0.0601. The zero-order valence-corrected chi connectivity index (χ0v) is 12.0. The van der Waals surface area contributed by atoms with Crippen LogP contribution in [0, 0.1) is 0 Å². The number of benzene rings is 1. The van der Waals surface area contributed by atoms with E-state index >= 15 is 0 Å². The van der Waals surface area contributed by atoms with Crippen molar-refractivity contribution in [3.05, 3.63) is 35.0 Å². The lowest BCUT2D eigenvalue weighted by Crippen LogP contribution is -2.33. The Hall–Kier alpha value is -1.93. The first kappa shape index (κ1) is 14.0. The van der Waals surface area contributed by atoms with Gasteiger partial charge in [0.05, 0.1) is 12.7 Å². The zero-order chi connectivity index (χ0) is 15.2. The number of halogens is 1. The fourth-order valence-electron chi connectivity index (χ4n) is 2.62. The summed E-state index contributed by atoms with van der Waals surface area (Å²) in [7, 11) is -3.43. The summed E-state index contributed by atoms with van der Waals surface area (Å²) >= 11 is 0. The monoisotopic (exact) mass is 312 g/mol. The Morgan fingerprint density at radius 3 is 2.86 bits per heavy atom. The predicted octanol–water partition coefficient (Wildman–Crippen LogP) is 1.53. The molecule has 1 aromatic carbocycles. The van der Waals surface area contributed by atoms with E-state index in [0.29, 0.717) is 22.9 Å². The van der Waals surface area contributed by atoms with Crippen LogP contribution in [0.15, 0.2) is 18.2 Å². The Bertz CT molecular complexity index is 828. The number of H-pyrrole nitrogens is 1. The molecule has 0 saturated heterocycles. The first-order valence-corrected chi connectivity index (χ1v) is 7.65. The van der Waals surface area contributed by atoms with Crippen molar-refractivity contribution in [3.63, 3.8) is 0 Å². The molecule has 2 heterocycles. The fourth-order valence-corrected chi connectivity index (χ4v) is 3.21. The van der Waals surface area contributed by atoms with Crippen molar-refractivity contribution >= 4 is 27.3 Å². The number of aromatic nitrogens is 1. The molecule has 3 rings (SSSR count). The molecule has 1 N–H and O–H groups in total. The average Bonchev–Trinajstić information content (AvgIpc) is 2.82. The quantitative estimate of drug-likeness (QED) is 0.673. The third-order valence-electron chi connectivity index (χ3n) is 3.67. The summed E-state index contributed by atoms with van der Waals surface area (Å²) in [6.07, 6.45) is 0.403. The van der Waals surface area contributed by atoms with Crippen LogP contribution in [0.5, 0.6) is 0 Å². The second kappa shape index (κ2) is 4.81. The van der Waals surface area contributed by atoms with E-state index in [2.05, 4.69) is 9.72 Å². The summed E-state index contributed by atoms with van der Waals surface area (Å²) in [6.45, 7) is 0.0569. The van der Waals surface area contributed by atoms with Crippen LogP contribution in [-0.2, 0) is 28.1 Å². The first-order valence-electron chi connectivity index (χ1n) is 6.31. The van der Waals surface area contributed by atoms with E-state index < -0.39 is 16.4 Å². The zero-order valence-electron chi connectivity index (χ0n) is 11.2. The van der Waals surface area contributed by atoms with E-state index in [-0.39, 0.29) is 13.1 Å². The molecule has 1 aliphatic rings. The van der Waals surface area contributed by atoms with Gasteiger partial charge in [-0.1, -0.05) is 3.89 Å². The SMILES string of the molecule is COC(=O)c1ccc2[nH]c3c(c2c1)CN(S(=O)(=O)F)CC3. The van der Waals surface area contributed by atoms with Gasteiger partial charge >= 0.3 is 16.4 Å². The van der Waals surface area contributed by atoms with Gasteiger partial charge in [0.15, 0.2) is 0 Å². The Morgan fingerprint density at radius 1 is 1.43 bits per heavy atom. The summed E-state index contributed by atoms with van der Waals surface area (Å²) < 4.78 is 40.7. The lowest BCUT2D eigenvalue weighted by atomic mass is 10.0. The van der Waals surface area contributed by atoms with Crippen LogP contribution < -0.4 is 0 Å². The number of fused-ring (bicyclic) bond motifs is 3. The van der Waals surface area contributed by atoms with Crippen molar-refractivity contribution < 1.29 is 21.8 Å². The molecule has 2 aromatic rings. The molecule has 0 fully saturated rings. The highest BCUT2D eigenvalue weighted by Gasteiger charge is 2.28. The molecule has 0 amide bonds. The van der Waals surface area contributed by atoms with Crippen LogP contribution in [0.2, 0.25) is 0 Å². The number of hydrogen-bond acceptors (Lipinski definition) is 4. The van der Waals surface area contributed by atoms with Crippen molar-refractivity contribution in [2.24, 2.45) is 0 Å². The topological polar surface area (TPSA) is 79.5 Å². The molecule has 0 bridgehead atoms. The van der Waals surface area contributed by atoms with Crippen LogP contribution in [-0.4, -0.2) is 37.3 Å². The van der Waals surface area contributed by atoms with Crippen molar-refractivity contribution in [1.82, 2.24) is 9.29 Å². The third-order valence-corrected chi connectivity index (χ3v) is 4.60. The van der Waals surface area contributed by atoms with Gasteiger partial charge in [0.1, 0.15) is 0 Å². The number of nitrogens with zero attached hydrogens (tertiary/aromatic N) is 1. The number of carbonyl (C=O) groups is 1. The highest BCUT2D eigenvalue weighted by atomic mass is 32.3. The predicted molar refractivity (Wildman–Crippen MR) is 73.8 cm³/mol. The number of methoxy groups -OCH3 is 1. The van der Waals surface area contributed by atoms with Gasteiger partial charge in [-0.2, -0.15) is 12.7 Å². The minimum absolute atomic E-state index is 0.0429. The minimum atomic E-state index is -4.72. The highest BCUT2D eigenvalue weighted by Crippen LogP contribution is 2.30. The van der Waals surface area contributed by atoms with Crippen molar-refractivity contribution in [1.29, 1.82) is 0 Å². The number of hydrogen-bond donors (Lipinski definition) is 1. The molecular weight excluding hydrogens is 299 g/mol. The molecular formula is C13H13FN2O4S. The second-order valence-electron chi connectivity index (χ2n) is 4.86. The standard InChI is InChI=1S/C13H13FN2O4S/c1-20-13(17)8-2-3-11-9(6-8)10-7-16(21(14,18)19)5-4-12(10)15-11/h2-3,6,15H,4-5,7H2,1H3. The van der Waals surface area contributed by atoms with E-state index in [1.165, 1.54) is 7.11 Å². The van der Waals surface area contributed by atoms with E-state index in [1.54, 1.807) is 18.2 Å². The summed E-state index contributed by atoms with van der Waals surface area (Å²) in [5.41, 5.74) is 2.72. The fraction of sp³-hybridized carbons (Fsp3) is 0.308. The summed E-state index contributed by atoms with van der Waals surface area (Å²) in [6, 6.07) is 4.98. The Balaban J connectivity index is 2.10. The van der Waals surface area contributed by atoms with Crippen LogP contribution >= 0.6 is 0 Å². The minimum Gasteiger partial charge on any atom is -0.465 e. The second-order valence-corrected chi connectivity index (χ2v) is 6.20. The number of carbonyl (C=O) groups excluding carboxylic acids is 1. The molecule has 0 radical (unpaired) electrons. The molecule has 1 aromatic heterocycles. The molecule has 0 aliphatic carbocycles. The van der Waals surface area contributed by atoms with Gasteiger partial charge in [-0.3, -0.25) is 0 Å². The summed E-state index contributed by atoms with van der Waals surface area (Å²) in [5, 5.41) is 0.709. The first-order chi connectivity index (χ1) is 9.90. The normalized spacial score (nSPS) is 15.9. The molecule has 0 atom stereocenters. The van der Waals surface area contributed by atoms with Crippen molar-refractivity contribution in [2.45, 2.75) is 13.0 Å². The van der Waals surface area contributed by atoms with Gasteiger partial charge in [0.2, 0.25) is 0 Å². The lowest BCUT2D eigenvalue weighted by Gasteiger charge is -2.22. The van der Waals surface area contributed by atoms with Crippen LogP contribution in [0.4, 0.5) is 3.89 Å². The van der Waals surface area contributed by atoms with Crippen LogP contribution in [0.3, 0.4) is 0 Å². The van der Waals surface area contributed by atoms with Gasteiger partial charge in [-0.25, -0.2) is 4.79 Å². The molecule has 0 spiro atoms. The van der Waals surface area contributed by atoms with Crippen molar-refractivity contribution in [3.8, 4) is 0 Å². The van der Waals surface area contributed by atoms with Gasteiger partial charge in [0, 0.05) is 36.1 Å². The maximum atomic E-state index is 13.2. The number of esters is 1. The Labute approximate surface area is 120 Å². The van der Waals surface area contributed by atoms with Crippen molar-refractivity contribution in [2.75, 3.05) is 13.7 Å². The molecule has 6 nitrogen and oxygen atoms in total. The Kier molecular flexibility index (Phi) is 3.22. The smallest absolute Gasteiger partial charge is 0.375 e. The molecule has 0 unspecified atom stereocenters. The third kappa shape index (κ3) is 2.40. The van der Waals surface area contributed by atoms with Gasteiger partial charge < -0.3 is 9.72 Å². The summed E-state index contributed by atoms with van der Waals surface area (Å²) in [4.78, 5) is 14.7. The number of rotatable bonds is 2. The van der Waals surface area contributed by atoms with Gasteiger partial charge in [-0.15, -0.1) is 0 Å². The molecule has 112 valence electrons. The van der Waals surface area contributed by atoms with E-state index in [0.717, 1.165) is 15.5 Å².